The molecule has 3 aromatic rings. The third-order valence-electron chi connectivity index (χ3n) is 5.92. The predicted molar refractivity (Wildman–Crippen MR) is 130 cm³/mol. The van der Waals surface area contributed by atoms with E-state index in [1.54, 1.807) is 25.3 Å². The lowest BCUT2D eigenvalue weighted by atomic mass is 10.2. The van der Waals surface area contributed by atoms with Crippen LogP contribution < -0.4 is 14.8 Å². The van der Waals surface area contributed by atoms with Crippen LogP contribution in [0.5, 0.6) is 11.5 Å². The number of hydrogen-bond donors (Lipinski definition) is 1. The van der Waals surface area contributed by atoms with Crippen molar-refractivity contribution in [3.05, 3.63) is 71.3 Å². The molecule has 1 atom stereocenters. The number of nitrogens with one attached hydrogen (secondary N) is 1. The second-order valence-electron chi connectivity index (χ2n) is 8.89. The van der Waals surface area contributed by atoms with Gasteiger partial charge in [-0.25, -0.2) is 0 Å². The van der Waals surface area contributed by atoms with Gasteiger partial charge in [-0.05, 0) is 56.7 Å². The first-order valence-electron chi connectivity index (χ1n) is 11.8. The van der Waals surface area contributed by atoms with E-state index in [9.17, 15) is 4.79 Å². The van der Waals surface area contributed by atoms with E-state index >= 15 is 0 Å². The lowest BCUT2D eigenvalue weighted by Gasteiger charge is -2.20. The Hall–Kier alpha value is -3.39. The van der Waals surface area contributed by atoms with E-state index in [1.165, 1.54) is 5.56 Å². The molecule has 0 unspecified atom stereocenters. The van der Waals surface area contributed by atoms with Crippen LogP contribution in [-0.2, 0) is 19.5 Å². The van der Waals surface area contributed by atoms with E-state index in [4.69, 9.17) is 9.47 Å². The Morgan fingerprint density at radius 1 is 1.03 bits per heavy atom. The number of rotatable bonds is 8. The molecule has 0 saturated carbocycles. The first-order valence-corrected chi connectivity index (χ1v) is 11.8. The van der Waals surface area contributed by atoms with Crippen molar-refractivity contribution in [1.82, 2.24) is 25.0 Å². The molecule has 1 aromatic heterocycles. The Labute approximate surface area is 200 Å². The predicted octanol–water partition coefficient (Wildman–Crippen LogP) is 3.62. The number of amides is 1. The highest BCUT2D eigenvalue weighted by molar-refractivity contribution is 5.94. The lowest BCUT2D eigenvalue weighted by molar-refractivity contribution is 0.0937. The van der Waals surface area contributed by atoms with Gasteiger partial charge in [0.15, 0.2) is 5.82 Å². The second kappa shape index (κ2) is 10.7. The maximum Gasteiger partial charge on any atom is 0.251 e. The lowest BCUT2D eigenvalue weighted by Crippen LogP contribution is -2.30. The average Bonchev–Trinajstić information content (AvgIpc) is 3.14. The summed E-state index contributed by atoms with van der Waals surface area (Å²) in [5.41, 5.74) is 1.81. The molecule has 180 valence electrons. The molecule has 0 fully saturated rings. The summed E-state index contributed by atoms with van der Waals surface area (Å²) in [5.74, 6) is 3.13. The third-order valence-corrected chi connectivity index (χ3v) is 5.92. The zero-order valence-electron chi connectivity index (χ0n) is 20.3. The van der Waals surface area contributed by atoms with Crippen molar-refractivity contribution in [2.45, 2.75) is 52.4 Å². The van der Waals surface area contributed by atoms with Crippen LogP contribution in [-0.4, -0.2) is 51.9 Å². The van der Waals surface area contributed by atoms with Crippen LogP contribution in [0.1, 0.15) is 54.4 Å². The number of carbonyl (C=O) groups is 1. The standard InChI is InChI=1S/C26H33N5O3/c1-18(2)34-22-10-8-20(9-11-22)17-30-13-12-24-28-29-25(31(24)15-14-30)19(3)27-26(32)21-6-5-7-23(16-21)33-4/h5-11,16,18-19H,12-15,17H2,1-4H3,(H,27,32)/t19-/m0/s1. The van der Waals surface area contributed by atoms with Gasteiger partial charge in [0.2, 0.25) is 0 Å². The van der Waals surface area contributed by atoms with E-state index in [2.05, 4.69) is 37.1 Å². The molecule has 2 aromatic carbocycles. The summed E-state index contributed by atoms with van der Waals surface area (Å²) in [4.78, 5) is 15.2. The molecule has 8 heteroatoms. The summed E-state index contributed by atoms with van der Waals surface area (Å²) < 4.78 is 13.1. The number of carbonyl (C=O) groups excluding carboxylic acids is 1. The van der Waals surface area contributed by atoms with Crippen molar-refractivity contribution < 1.29 is 14.3 Å². The molecule has 1 N–H and O–H groups in total. The fourth-order valence-corrected chi connectivity index (χ4v) is 4.18. The molecule has 0 radical (unpaired) electrons. The van der Waals surface area contributed by atoms with E-state index < -0.39 is 0 Å². The Balaban J connectivity index is 1.37. The van der Waals surface area contributed by atoms with Gasteiger partial charge in [0.05, 0.1) is 19.3 Å². The highest BCUT2D eigenvalue weighted by atomic mass is 16.5. The van der Waals surface area contributed by atoms with E-state index in [1.807, 2.05) is 39.0 Å². The molecule has 0 spiro atoms. The monoisotopic (exact) mass is 463 g/mol. The Kier molecular flexibility index (Phi) is 7.47. The molecule has 34 heavy (non-hydrogen) atoms. The van der Waals surface area contributed by atoms with Crippen molar-refractivity contribution in [1.29, 1.82) is 0 Å². The molecule has 4 rings (SSSR count). The topological polar surface area (TPSA) is 81.5 Å². The van der Waals surface area contributed by atoms with Gasteiger partial charge in [-0.2, -0.15) is 0 Å². The Morgan fingerprint density at radius 2 is 1.82 bits per heavy atom. The highest BCUT2D eigenvalue weighted by Crippen LogP contribution is 2.20. The van der Waals surface area contributed by atoms with Crippen molar-refractivity contribution in [2.75, 3.05) is 20.2 Å². The first-order chi connectivity index (χ1) is 16.4. The average molecular weight is 464 g/mol. The van der Waals surface area contributed by atoms with E-state index in [0.29, 0.717) is 11.3 Å². The number of methoxy groups -OCH3 is 1. The minimum Gasteiger partial charge on any atom is -0.497 e. The summed E-state index contributed by atoms with van der Waals surface area (Å²) in [6.45, 7) is 9.46. The molecular formula is C26H33N5O3. The fourth-order valence-electron chi connectivity index (χ4n) is 4.18. The molecule has 0 bridgehead atoms. The molecule has 1 aliphatic rings. The highest BCUT2D eigenvalue weighted by Gasteiger charge is 2.23. The van der Waals surface area contributed by atoms with Gasteiger partial charge < -0.3 is 19.4 Å². The van der Waals surface area contributed by atoms with Crippen molar-refractivity contribution in [2.24, 2.45) is 0 Å². The molecule has 0 saturated heterocycles. The van der Waals surface area contributed by atoms with Gasteiger partial charge in [0, 0.05) is 38.2 Å². The van der Waals surface area contributed by atoms with Gasteiger partial charge in [0.1, 0.15) is 17.3 Å². The van der Waals surface area contributed by atoms with E-state index in [0.717, 1.165) is 50.0 Å². The second-order valence-corrected chi connectivity index (χ2v) is 8.89. The summed E-state index contributed by atoms with van der Waals surface area (Å²) >= 11 is 0. The summed E-state index contributed by atoms with van der Waals surface area (Å²) in [5, 5.41) is 11.9. The number of fused-ring (bicyclic) bond motifs is 1. The minimum atomic E-state index is -0.264. The van der Waals surface area contributed by atoms with Crippen molar-refractivity contribution in [3.8, 4) is 11.5 Å². The van der Waals surface area contributed by atoms with Crippen LogP contribution in [0.4, 0.5) is 0 Å². The first kappa shape index (κ1) is 23.8. The number of aromatic nitrogens is 3. The quantitative estimate of drug-likeness (QED) is 0.550. The van der Waals surface area contributed by atoms with Crippen LogP contribution in [0, 0.1) is 0 Å². The molecule has 1 amide bonds. The molecule has 8 nitrogen and oxygen atoms in total. The van der Waals surface area contributed by atoms with Crippen LogP contribution in [0.2, 0.25) is 0 Å². The molecular weight excluding hydrogens is 430 g/mol. The van der Waals surface area contributed by atoms with Gasteiger partial charge in [0.25, 0.3) is 5.91 Å². The SMILES string of the molecule is COc1cccc(C(=O)N[C@@H](C)c2nnc3n2CCN(Cc2ccc(OC(C)C)cc2)CC3)c1. The summed E-state index contributed by atoms with van der Waals surface area (Å²) in [6.07, 6.45) is 0.988. The number of nitrogens with zero attached hydrogens (tertiary/aromatic N) is 4. The maximum atomic E-state index is 12.8. The van der Waals surface area contributed by atoms with Gasteiger partial charge in [-0.1, -0.05) is 18.2 Å². The Bertz CT molecular complexity index is 1110. The van der Waals surface area contributed by atoms with Crippen LogP contribution in [0.25, 0.3) is 0 Å². The van der Waals surface area contributed by atoms with E-state index in [-0.39, 0.29) is 18.1 Å². The van der Waals surface area contributed by atoms with Gasteiger partial charge in [-0.15, -0.1) is 10.2 Å². The van der Waals surface area contributed by atoms with Gasteiger partial charge in [-0.3, -0.25) is 9.69 Å². The van der Waals surface area contributed by atoms with Crippen molar-refractivity contribution in [3.63, 3.8) is 0 Å². The van der Waals surface area contributed by atoms with Crippen LogP contribution in [0.15, 0.2) is 48.5 Å². The largest absolute Gasteiger partial charge is 0.497 e. The number of hydrogen-bond acceptors (Lipinski definition) is 6. The molecule has 1 aliphatic heterocycles. The molecule has 0 aliphatic carbocycles. The number of benzene rings is 2. The van der Waals surface area contributed by atoms with Crippen LogP contribution >= 0.6 is 0 Å². The molecule has 2 heterocycles. The Morgan fingerprint density at radius 3 is 2.56 bits per heavy atom. The van der Waals surface area contributed by atoms with Crippen LogP contribution in [0.3, 0.4) is 0 Å². The van der Waals surface area contributed by atoms with Crippen molar-refractivity contribution >= 4 is 5.91 Å². The fraction of sp³-hybridized carbons (Fsp3) is 0.423. The minimum absolute atomic E-state index is 0.163. The third kappa shape index (κ3) is 5.75. The normalized spacial score (nSPS) is 14.9. The number of ether oxygens (including phenoxy) is 2. The maximum absolute atomic E-state index is 12.8. The van der Waals surface area contributed by atoms with Gasteiger partial charge >= 0.3 is 0 Å². The zero-order valence-corrected chi connectivity index (χ0v) is 20.3. The zero-order chi connectivity index (χ0) is 24.1. The summed E-state index contributed by atoms with van der Waals surface area (Å²) in [6, 6.07) is 15.2. The summed E-state index contributed by atoms with van der Waals surface area (Å²) in [7, 11) is 1.59. The smallest absolute Gasteiger partial charge is 0.251 e.